The Morgan fingerprint density at radius 2 is 2.18 bits per heavy atom. The van der Waals surface area contributed by atoms with Crippen molar-refractivity contribution in [2.24, 2.45) is 0 Å². The first-order valence-corrected chi connectivity index (χ1v) is 2.88. The number of carbonyl (C=O) groups is 1. The molecule has 0 unspecified atom stereocenters. The maximum Gasteiger partial charge on any atom is 0.326 e. The van der Waals surface area contributed by atoms with Crippen molar-refractivity contribution in [2.45, 2.75) is 18.4 Å². The van der Waals surface area contributed by atoms with Crippen molar-refractivity contribution in [3.63, 3.8) is 0 Å². The van der Waals surface area contributed by atoms with E-state index in [1.54, 1.807) is 0 Å². The number of hydrogen-bond acceptors (Lipinski definition) is 2. The first kappa shape index (κ1) is 10.6. The molecule has 1 aliphatic heterocycles. The molecule has 0 aromatic carbocycles. The van der Waals surface area contributed by atoms with Crippen LogP contribution in [0.3, 0.4) is 0 Å². The zero-order valence-electron chi connectivity index (χ0n) is 5.51. The Bertz CT molecular complexity index is 165. The van der Waals surface area contributed by atoms with E-state index in [0.29, 0.717) is 0 Å². The van der Waals surface area contributed by atoms with Crippen LogP contribution in [0, 0.1) is 0 Å². The third-order valence-corrected chi connectivity index (χ3v) is 1.48. The summed E-state index contributed by atoms with van der Waals surface area (Å²) in [5.41, 5.74) is 0. The van der Waals surface area contributed by atoms with Crippen LogP contribution in [0.25, 0.3) is 0 Å². The summed E-state index contributed by atoms with van der Waals surface area (Å²) in [4.78, 5) is 10.1. The average molecular weight is 188 g/mol. The number of halogens is 3. The topological polar surface area (TPSA) is 49.3 Å². The van der Waals surface area contributed by atoms with Gasteiger partial charge >= 0.3 is 5.97 Å². The van der Waals surface area contributed by atoms with Crippen molar-refractivity contribution < 1.29 is 18.7 Å². The quantitative estimate of drug-likeness (QED) is 0.628. The fourth-order valence-electron chi connectivity index (χ4n) is 0.945. The first-order chi connectivity index (χ1) is 4.54. The molecule has 0 amide bonds. The third kappa shape index (κ3) is 2.00. The molecule has 1 fully saturated rings. The molecule has 66 valence electrons. The highest BCUT2D eigenvalue weighted by atomic mass is 35.5. The standard InChI is InChI=1S/C5H7F2NO2.ClH/c6-5(7)1-2-8-3(5)4(9)10;/h3,8H,1-2H2,(H,9,10);1H/t3-;/m1./s1. The molecule has 6 heteroatoms. The Hall–Kier alpha value is -0.420. The highest BCUT2D eigenvalue weighted by molar-refractivity contribution is 5.85. The van der Waals surface area contributed by atoms with Crippen LogP contribution >= 0.6 is 12.4 Å². The Morgan fingerprint density at radius 3 is 2.36 bits per heavy atom. The fraction of sp³-hybridized carbons (Fsp3) is 0.800. The maximum atomic E-state index is 12.4. The van der Waals surface area contributed by atoms with Gasteiger partial charge in [-0.3, -0.25) is 10.1 Å². The Balaban J connectivity index is 0.000001000. The predicted octanol–water partition coefficient (Wildman–Crippen LogP) is 0.490. The van der Waals surface area contributed by atoms with E-state index in [-0.39, 0.29) is 25.4 Å². The van der Waals surface area contributed by atoms with E-state index in [1.165, 1.54) is 0 Å². The summed E-state index contributed by atoms with van der Waals surface area (Å²) in [6.07, 6.45) is -0.385. The van der Waals surface area contributed by atoms with Crippen molar-refractivity contribution in [3.05, 3.63) is 0 Å². The van der Waals surface area contributed by atoms with E-state index in [9.17, 15) is 13.6 Å². The van der Waals surface area contributed by atoms with Gasteiger partial charge in [-0.05, 0) is 0 Å². The number of carboxylic acids is 1. The van der Waals surface area contributed by atoms with Gasteiger partial charge in [0.15, 0.2) is 6.04 Å². The summed E-state index contributed by atoms with van der Waals surface area (Å²) in [5.74, 6) is -4.56. The van der Waals surface area contributed by atoms with Gasteiger partial charge in [0, 0.05) is 13.0 Å². The summed E-state index contributed by atoms with van der Waals surface area (Å²) >= 11 is 0. The van der Waals surface area contributed by atoms with E-state index in [4.69, 9.17) is 5.11 Å². The summed E-state index contributed by atoms with van der Waals surface area (Å²) in [6.45, 7) is 0.0734. The first-order valence-electron chi connectivity index (χ1n) is 2.88. The number of alkyl halides is 2. The van der Waals surface area contributed by atoms with Gasteiger partial charge in [-0.1, -0.05) is 0 Å². The lowest BCUT2D eigenvalue weighted by molar-refractivity contribution is -0.147. The van der Waals surface area contributed by atoms with Gasteiger partial charge in [-0.15, -0.1) is 12.4 Å². The Labute approximate surface area is 68.2 Å². The predicted molar refractivity (Wildman–Crippen MR) is 36.2 cm³/mol. The molecule has 1 saturated heterocycles. The molecule has 0 spiro atoms. The molecule has 1 heterocycles. The van der Waals surface area contributed by atoms with Gasteiger partial charge in [0.05, 0.1) is 0 Å². The Kier molecular flexibility index (Phi) is 3.19. The highest BCUT2D eigenvalue weighted by Crippen LogP contribution is 2.27. The summed E-state index contributed by atoms with van der Waals surface area (Å²) in [5, 5.41) is 10.4. The number of aliphatic carboxylic acids is 1. The highest BCUT2D eigenvalue weighted by Gasteiger charge is 2.48. The van der Waals surface area contributed by atoms with Gasteiger partial charge in [-0.25, -0.2) is 8.78 Å². The van der Waals surface area contributed by atoms with Crippen LogP contribution in [0.5, 0.6) is 0 Å². The van der Waals surface area contributed by atoms with Crippen molar-refractivity contribution in [1.82, 2.24) is 5.32 Å². The van der Waals surface area contributed by atoms with E-state index in [2.05, 4.69) is 5.32 Å². The number of carboxylic acid groups (broad SMARTS) is 1. The molecule has 11 heavy (non-hydrogen) atoms. The average Bonchev–Trinajstić information content (AvgIpc) is 2.08. The lowest BCUT2D eigenvalue weighted by Crippen LogP contribution is -2.42. The van der Waals surface area contributed by atoms with E-state index in [1.807, 2.05) is 0 Å². The van der Waals surface area contributed by atoms with Gasteiger partial charge in [0.2, 0.25) is 0 Å². The molecular formula is C5H8ClF2NO2. The molecule has 3 nitrogen and oxygen atoms in total. The van der Waals surface area contributed by atoms with Gasteiger partial charge in [-0.2, -0.15) is 0 Å². The zero-order chi connectivity index (χ0) is 7.78. The van der Waals surface area contributed by atoms with Crippen molar-refractivity contribution in [2.75, 3.05) is 6.54 Å². The minimum atomic E-state index is -3.08. The van der Waals surface area contributed by atoms with Crippen LogP contribution in [0.2, 0.25) is 0 Å². The molecule has 0 radical (unpaired) electrons. The number of hydrogen-bond donors (Lipinski definition) is 2. The minimum Gasteiger partial charge on any atom is -0.480 e. The zero-order valence-corrected chi connectivity index (χ0v) is 6.33. The van der Waals surface area contributed by atoms with E-state index < -0.39 is 17.9 Å². The van der Waals surface area contributed by atoms with Crippen LogP contribution in [0.15, 0.2) is 0 Å². The molecule has 0 aliphatic carbocycles. The molecule has 2 N–H and O–H groups in total. The largest absolute Gasteiger partial charge is 0.480 e. The van der Waals surface area contributed by atoms with E-state index in [0.717, 1.165) is 0 Å². The fourth-order valence-corrected chi connectivity index (χ4v) is 0.945. The molecular weight excluding hydrogens is 180 g/mol. The van der Waals surface area contributed by atoms with E-state index >= 15 is 0 Å². The van der Waals surface area contributed by atoms with Crippen molar-refractivity contribution >= 4 is 18.4 Å². The molecule has 0 bridgehead atoms. The minimum absolute atomic E-state index is 0. The number of rotatable bonds is 1. The second-order valence-corrected chi connectivity index (χ2v) is 2.24. The molecule has 1 aliphatic rings. The molecule has 1 atom stereocenters. The van der Waals surface area contributed by atoms with Gasteiger partial charge in [0.25, 0.3) is 5.92 Å². The van der Waals surface area contributed by atoms with Gasteiger partial charge < -0.3 is 5.11 Å². The third-order valence-electron chi connectivity index (χ3n) is 1.48. The van der Waals surface area contributed by atoms with Crippen LogP contribution in [-0.2, 0) is 4.79 Å². The number of nitrogens with one attached hydrogen (secondary N) is 1. The lowest BCUT2D eigenvalue weighted by Gasteiger charge is -2.13. The summed E-state index contributed by atoms with van der Waals surface area (Å²) < 4.78 is 24.8. The van der Waals surface area contributed by atoms with Crippen LogP contribution in [0.4, 0.5) is 8.78 Å². The second kappa shape index (κ2) is 3.32. The van der Waals surface area contributed by atoms with Crippen molar-refractivity contribution in [3.8, 4) is 0 Å². The summed E-state index contributed by atoms with van der Waals surface area (Å²) in [6, 6.07) is -1.69. The molecule has 0 aromatic heterocycles. The van der Waals surface area contributed by atoms with Crippen LogP contribution < -0.4 is 5.32 Å². The summed E-state index contributed by atoms with van der Waals surface area (Å²) in [7, 11) is 0. The maximum absolute atomic E-state index is 12.4. The monoisotopic (exact) mass is 187 g/mol. The second-order valence-electron chi connectivity index (χ2n) is 2.24. The van der Waals surface area contributed by atoms with Crippen LogP contribution in [-0.4, -0.2) is 29.6 Å². The molecule has 0 saturated carbocycles. The van der Waals surface area contributed by atoms with Gasteiger partial charge in [0.1, 0.15) is 0 Å². The molecule has 1 rings (SSSR count). The molecule has 0 aromatic rings. The SMILES string of the molecule is Cl.O=C(O)[C@H]1NCCC1(F)F. The normalized spacial score (nSPS) is 27.6. The smallest absolute Gasteiger partial charge is 0.326 e. The lowest BCUT2D eigenvalue weighted by atomic mass is 10.2. The Morgan fingerprint density at radius 1 is 1.64 bits per heavy atom. The van der Waals surface area contributed by atoms with Crippen molar-refractivity contribution in [1.29, 1.82) is 0 Å². The van der Waals surface area contributed by atoms with Crippen LogP contribution in [0.1, 0.15) is 6.42 Å².